The van der Waals surface area contributed by atoms with Crippen molar-refractivity contribution in [2.24, 2.45) is 0 Å². The fraction of sp³-hybridized carbons (Fsp3) is 0.133. The Kier molecular flexibility index (Phi) is 5.36. The molecule has 0 aromatic heterocycles. The number of carbonyl (C=O) groups excluding carboxylic acids is 1. The first kappa shape index (κ1) is 16.0. The van der Waals surface area contributed by atoms with Crippen LogP contribution in [0.5, 0.6) is 5.75 Å². The Morgan fingerprint density at radius 1 is 1.24 bits per heavy atom. The lowest BCUT2D eigenvalue weighted by Crippen LogP contribution is -2.20. The lowest BCUT2D eigenvalue weighted by Gasteiger charge is -2.12. The molecule has 0 aliphatic carbocycles. The quantitative estimate of drug-likeness (QED) is 0.785. The molecule has 2 aromatic carbocycles. The number of amides is 1. The second-order valence-electron chi connectivity index (χ2n) is 4.38. The summed E-state index contributed by atoms with van der Waals surface area (Å²) in [6.45, 7) is 1.77. The largest absolute Gasteiger partial charge is 0.482 e. The van der Waals surface area contributed by atoms with Gasteiger partial charge in [0, 0.05) is 10.2 Å². The van der Waals surface area contributed by atoms with Gasteiger partial charge in [-0.05, 0) is 64.8 Å². The van der Waals surface area contributed by atoms with E-state index in [1.807, 2.05) is 19.1 Å². The summed E-state index contributed by atoms with van der Waals surface area (Å²) in [4.78, 5) is 11.8. The molecule has 0 saturated heterocycles. The summed E-state index contributed by atoms with van der Waals surface area (Å²) in [6.07, 6.45) is 0. The van der Waals surface area contributed by atoms with Gasteiger partial charge in [-0.2, -0.15) is 0 Å². The summed E-state index contributed by atoms with van der Waals surface area (Å²) in [7, 11) is 0. The molecule has 110 valence electrons. The minimum Gasteiger partial charge on any atom is -0.482 e. The van der Waals surface area contributed by atoms with Gasteiger partial charge in [-0.1, -0.05) is 15.9 Å². The Morgan fingerprint density at radius 3 is 2.52 bits per heavy atom. The van der Waals surface area contributed by atoms with Gasteiger partial charge in [0.1, 0.15) is 11.6 Å². The third kappa shape index (κ3) is 4.54. The van der Waals surface area contributed by atoms with E-state index in [0.717, 1.165) is 14.5 Å². The number of hydrogen-bond acceptors (Lipinski definition) is 2. The number of benzene rings is 2. The number of nitrogens with one attached hydrogen (secondary N) is 1. The van der Waals surface area contributed by atoms with E-state index in [1.165, 1.54) is 24.3 Å². The van der Waals surface area contributed by atoms with Gasteiger partial charge >= 0.3 is 0 Å². The van der Waals surface area contributed by atoms with Crippen LogP contribution in [0.2, 0.25) is 0 Å². The standard InChI is InChI=1S/C15H12Br2FNO2/c1-9-6-10(16)7-13(17)15(9)21-8-14(20)19-12-4-2-11(18)3-5-12/h2-7H,8H2,1H3,(H,19,20). The zero-order chi connectivity index (χ0) is 15.4. The molecule has 3 nitrogen and oxygen atoms in total. The molecule has 0 bridgehead atoms. The first-order valence-electron chi connectivity index (χ1n) is 6.09. The number of halogens is 3. The molecular formula is C15H12Br2FNO2. The summed E-state index contributed by atoms with van der Waals surface area (Å²) < 4.78 is 20.0. The predicted molar refractivity (Wildman–Crippen MR) is 87.1 cm³/mol. The van der Waals surface area contributed by atoms with Crippen molar-refractivity contribution in [2.75, 3.05) is 11.9 Å². The van der Waals surface area contributed by atoms with Crippen LogP contribution in [-0.4, -0.2) is 12.5 Å². The SMILES string of the molecule is Cc1cc(Br)cc(Br)c1OCC(=O)Nc1ccc(F)cc1. The van der Waals surface area contributed by atoms with Crippen LogP contribution >= 0.6 is 31.9 Å². The fourth-order valence-corrected chi connectivity index (χ4v) is 3.29. The van der Waals surface area contributed by atoms with Gasteiger partial charge in [0.2, 0.25) is 0 Å². The van der Waals surface area contributed by atoms with Crippen LogP contribution in [0.3, 0.4) is 0 Å². The summed E-state index contributed by atoms with van der Waals surface area (Å²) >= 11 is 6.78. The van der Waals surface area contributed by atoms with Gasteiger partial charge in [0.25, 0.3) is 5.91 Å². The van der Waals surface area contributed by atoms with Crippen molar-refractivity contribution >= 4 is 43.5 Å². The topological polar surface area (TPSA) is 38.3 Å². The first-order chi connectivity index (χ1) is 9.95. The van der Waals surface area contributed by atoms with Crippen molar-refractivity contribution in [1.82, 2.24) is 0 Å². The molecule has 0 aliphatic heterocycles. The van der Waals surface area contributed by atoms with Gasteiger partial charge < -0.3 is 10.1 Å². The Morgan fingerprint density at radius 2 is 1.90 bits per heavy atom. The van der Waals surface area contributed by atoms with Crippen molar-refractivity contribution in [3.8, 4) is 5.75 Å². The molecule has 0 spiro atoms. The first-order valence-corrected chi connectivity index (χ1v) is 7.68. The smallest absolute Gasteiger partial charge is 0.262 e. The van der Waals surface area contributed by atoms with Crippen LogP contribution in [0.15, 0.2) is 45.3 Å². The van der Waals surface area contributed by atoms with E-state index in [0.29, 0.717) is 11.4 Å². The lowest BCUT2D eigenvalue weighted by molar-refractivity contribution is -0.118. The zero-order valence-corrected chi connectivity index (χ0v) is 14.3. The molecule has 6 heteroatoms. The average Bonchev–Trinajstić information content (AvgIpc) is 2.40. The molecule has 2 rings (SSSR count). The molecule has 2 aromatic rings. The number of anilines is 1. The van der Waals surface area contributed by atoms with Crippen LogP contribution in [0.25, 0.3) is 0 Å². The zero-order valence-electron chi connectivity index (χ0n) is 11.1. The van der Waals surface area contributed by atoms with Gasteiger partial charge in [0.15, 0.2) is 6.61 Å². The Balaban J connectivity index is 1.97. The highest BCUT2D eigenvalue weighted by atomic mass is 79.9. The second kappa shape index (κ2) is 7.04. The minimum atomic E-state index is -0.348. The predicted octanol–water partition coefficient (Wildman–Crippen LogP) is 4.68. The summed E-state index contributed by atoms with van der Waals surface area (Å²) in [6, 6.07) is 9.30. The second-order valence-corrected chi connectivity index (χ2v) is 6.15. The number of aryl methyl sites for hydroxylation is 1. The van der Waals surface area contributed by atoms with E-state index in [4.69, 9.17) is 4.74 Å². The number of ether oxygens (including phenoxy) is 1. The number of rotatable bonds is 4. The maximum Gasteiger partial charge on any atom is 0.262 e. The van der Waals surface area contributed by atoms with Crippen molar-refractivity contribution < 1.29 is 13.9 Å². The maximum atomic E-state index is 12.8. The number of carbonyl (C=O) groups is 1. The van der Waals surface area contributed by atoms with Crippen LogP contribution in [0.1, 0.15) is 5.56 Å². The summed E-state index contributed by atoms with van der Waals surface area (Å²) in [5.74, 6) is -0.0399. The molecule has 0 fully saturated rings. The van der Waals surface area contributed by atoms with E-state index in [2.05, 4.69) is 37.2 Å². The highest BCUT2D eigenvalue weighted by Gasteiger charge is 2.10. The highest BCUT2D eigenvalue weighted by Crippen LogP contribution is 2.32. The molecule has 0 aliphatic rings. The third-order valence-electron chi connectivity index (χ3n) is 2.67. The Hall–Kier alpha value is -1.40. The summed E-state index contributed by atoms with van der Waals surface area (Å²) in [5.41, 5.74) is 1.43. The van der Waals surface area contributed by atoms with Gasteiger partial charge in [-0.25, -0.2) is 4.39 Å². The molecule has 0 radical (unpaired) electrons. The van der Waals surface area contributed by atoms with E-state index in [9.17, 15) is 9.18 Å². The van der Waals surface area contributed by atoms with Crippen LogP contribution < -0.4 is 10.1 Å². The van der Waals surface area contributed by atoms with Crippen LogP contribution in [0, 0.1) is 12.7 Å². The molecule has 21 heavy (non-hydrogen) atoms. The van der Waals surface area contributed by atoms with Crippen LogP contribution in [-0.2, 0) is 4.79 Å². The maximum absolute atomic E-state index is 12.8. The lowest BCUT2D eigenvalue weighted by atomic mass is 10.2. The van der Waals surface area contributed by atoms with Crippen molar-refractivity contribution in [3.63, 3.8) is 0 Å². The Labute approximate surface area is 138 Å². The normalized spacial score (nSPS) is 10.3. The molecule has 0 heterocycles. The van der Waals surface area contributed by atoms with E-state index in [1.54, 1.807) is 0 Å². The van der Waals surface area contributed by atoms with Crippen molar-refractivity contribution in [2.45, 2.75) is 6.92 Å². The third-order valence-corrected chi connectivity index (χ3v) is 3.72. The van der Waals surface area contributed by atoms with Crippen LogP contribution in [0.4, 0.5) is 10.1 Å². The number of hydrogen-bond donors (Lipinski definition) is 1. The monoisotopic (exact) mass is 415 g/mol. The Bertz CT molecular complexity index is 636. The van der Waals surface area contributed by atoms with E-state index < -0.39 is 0 Å². The van der Waals surface area contributed by atoms with Gasteiger partial charge in [0.05, 0.1) is 4.47 Å². The van der Waals surface area contributed by atoms with E-state index in [-0.39, 0.29) is 18.3 Å². The fourth-order valence-electron chi connectivity index (χ4n) is 1.74. The van der Waals surface area contributed by atoms with Crippen molar-refractivity contribution in [1.29, 1.82) is 0 Å². The molecule has 0 unspecified atom stereocenters. The van der Waals surface area contributed by atoms with Gasteiger partial charge in [-0.3, -0.25) is 4.79 Å². The minimum absolute atomic E-state index is 0.127. The average molecular weight is 417 g/mol. The summed E-state index contributed by atoms with van der Waals surface area (Å²) in [5, 5.41) is 2.63. The van der Waals surface area contributed by atoms with Gasteiger partial charge in [-0.15, -0.1) is 0 Å². The molecule has 1 N–H and O–H groups in total. The van der Waals surface area contributed by atoms with E-state index >= 15 is 0 Å². The molecule has 1 amide bonds. The molecular weight excluding hydrogens is 405 g/mol. The molecule has 0 atom stereocenters. The highest BCUT2D eigenvalue weighted by molar-refractivity contribution is 9.11. The molecule has 0 saturated carbocycles. The van der Waals surface area contributed by atoms with Crippen molar-refractivity contribution in [3.05, 3.63) is 56.7 Å².